The largest absolute Gasteiger partial charge is 0.478 e. The number of fused-ring (bicyclic) bond motifs is 1. The Labute approximate surface area is 145 Å². The van der Waals surface area contributed by atoms with E-state index in [0.717, 1.165) is 10.8 Å². The van der Waals surface area contributed by atoms with Gasteiger partial charge in [-0.15, -0.1) is 0 Å². The van der Waals surface area contributed by atoms with E-state index in [-0.39, 0.29) is 12.0 Å². The number of hydrogen-bond acceptors (Lipinski definition) is 3. The number of esters is 1. The van der Waals surface area contributed by atoms with Crippen molar-refractivity contribution in [3.8, 4) is 5.75 Å². The van der Waals surface area contributed by atoms with Crippen LogP contribution in [0, 0.1) is 0 Å². The molecule has 0 aliphatic heterocycles. The van der Waals surface area contributed by atoms with Gasteiger partial charge in [-0.3, -0.25) is 0 Å². The maximum Gasteiger partial charge on any atom is 0.343 e. The fourth-order valence-corrected chi connectivity index (χ4v) is 2.62. The number of carbonyl (C=O) groups excluding carboxylic acids is 1. The summed E-state index contributed by atoms with van der Waals surface area (Å²) in [6.45, 7) is 3.52. The summed E-state index contributed by atoms with van der Waals surface area (Å²) in [5.41, 5.74) is 0.920. The van der Waals surface area contributed by atoms with Crippen LogP contribution in [-0.4, -0.2) is 17.0 Å². The van der Waals surface area contributed by atoms with Gasteiger partial charge in [-0.05, 0) is 23.1 Å². The molecule has 0 bridgehead atoms. The normalized spacial score (nSPS) is 10.4. The number of hydrogen-bond donors (Lipinski definition) is 1. The zero-order valence-electron chi connectivity index (χ0n) is 13.4. The molecule has 4 heteroatoms. The third-order valence-corrected chi connectivity index (χ3v) is 3.90. The second kappa shape index (κ2) is 7.01. The molecule has 1 N–H and O–H groups in total. The van der Waals surface area contributed by atoms with Crippen molar-refractivity contribution in [2.24, 2.45) is 0 Å². The van der Waals surface area contributed by atoms with Crippen LogP contribution in [0.4, 0.5) is 0 Å². The van der Waals surface area contributed by atoms with Gasteiger partial charge in [0.1, 0.15) is 5.75 Å². The van der Waals surface area contributed by atoms with Gasteiger partial charge in [-0.25, -0.2) is 9.59 Å². The van der Waals surface area contributed by atoms with Gasteiger partial charge >= 0.3 is 11.9 Å². The molecule has 0 amide bonds. The van der Waals surface area contributed by atoms with Gasteiger partial charge in [0.25, 0.3) is 0 Å². The van der Waals surface area contributed by atoms with Crippen LogP contribution >= 0.6 is 0 Å². The molecule has 0 radical (unpaired) electrons. The SMILES string of the molecule is C=C(Cc1ccccc1C(=O)Oc1cccc2ccccc12)C(=O)O. The molecule has 0 aliphatic rings. The Morgan fingerprint density at radius 3 is 2.40 bits per heavy atom. The third kappa shape index (κ3) is 3.58. The fourth-order valence-electron chi connectivity index (χ4n) is 2.62. The highest BCUT2D eigenvalue weighted by atomic mass is 16.5. The summed E-state index contributed by atoms with van der Waals surface area (Å²) in [5, 5.41) is 10.8. The lowest BCUT2D eigenvalue weighted by molar-refractivity contribution is -0.132. The van der Waals surface area contributed by atoms with E-state index >= 15 is 0 Å². The van der Waals surface area contributed by atoms with Crippen LogP contribution in [0.1, 0.15) is 15.9 Å². The van der Waals surface area contributed by atoms with E-state index in [9.17, 15) is 9.59 Å². The van der Waals surface area contributed by atoms with Crippen LogP contribution < -0.4 is 4.74 Å². The Morgan fingerprint density at radius 2 is 1.60 bits per heavy atom. The first-order valence-corrected chi connectivity index (χ1v) is 7.75. The average molecular weight is 332 g/mol. The van der Waals surface area contributed by atoms with Crippen LogP contribution in [0.3, 0.4) is 0 Å². The van der Waals surface area contributed by atoms with Gasteiger partial charge in [0, 0.05) is 17.4 Å². The summed E-state index contributed by atoms with van der Waals surface area (Å²) in [6, 6.07) is 19.9. The topological polar surface area (TPSA) is 63.6 Å². The lowest BCUT2D eigenvalue weighted by Crippen LogP contribution is -2.13. The zero-order valence-corrected chi connectivity index (χ0v) is 13.4. The minimum atomic E-state index is -1.09. The van der Waals surface area contributed by atoms with Crippen molar-refractivity contribution >= 4 is 22.7 Å². The van der Waals surface area contributed by atoms with Crippen LogP contribution in [0.15, 0.2) is 78.9 Å². The van der Waals surface area contributed by atoms with Gasteiger partial charge in [-0.2, -0.15) is 0 Å². The first-order chi connectivity index (χ1) is 12.1. The van der Waals surface area contributed by atoms with E-state index in [1.807, 2.05) is 36.4 Å². The first-order valence-electron chi connectivity index (χ1n) is 7.75. The molecule has 3 aromatic carbocycles. The quantitative estimate of drug-likeness (QED) is 0.431. The lowest BCUT2D eigenvalue weighted by Gasteiger charge is -2.11. The maximum atomic E-state index is 12.6. The van der Waals surface area contributed by atoms with Gasteiger partial charge in [0.15, 0.2) is 0 Å². The highest BCUT2D eigenvalue weighted by Gasteiger charge is 2.16. The summed E-state index contributed by atoms with van der Waals surface area (Å²) < 4.78 is 5.58. The van der Waals surface area contributed by atoms with Gasteiger partial charge in [0.2, 0.25) is 0 Å². The molecular weight excluding hydrogens is 316 g/mol. The Kier molecular flexibility index (Phi) is 4.61. The number of carboxylic acids is 1. The molecule has 3 aromatic rings. The highest BCUT2D eigenvalue weighted by molar-refractivity contribution is 5.97. The fraction of sp³-hybridized carbons (Fsp3) is 0.0476. The average Bonchev–Trinajstić information content (AvgIpc) is 2.62. The summed E-state index contributed by atoms with van der Waals surface area (Å²) in [6.07, 6.45) is 0.0795. The van der Waals surface area contributed by atoms with E-state index in [2.05, 4.69) is 6.58 Å². The smallest absolute Gasteiger partial charge is 0.343 e. The first kappa shape index (κ1) is 16.5. The minimum absolute atomic E-state index is 0.0189. The number of aliphatic carboxylic acids is 1. The third-order valence-electron chi connectivity index (χ3n) is 3.90. The predicted octanol–water partition coefficient (Wildman–Crippen LogP) is 4.24. The standard InChI is InChI=1S/C21H16O4/c1-14(20(22)23)13-16-8-3-5-11-18(16)21(24)25-19-12-6-9-15-7-2-4-10-17(15)19/h2-12H,1,13H2,(H,22,23). The molecule has 0 fully saturated rings. The van der Waals surface area contributed by atoms with Crippen LogP contribution in [0.5, 0.6) is 5.75 Å². The number of carbonyl (C=O) groups is 2. The molecule has 0 atom stereocenters. The maximum absolute atomic E-state index is 12.6. The molecule has 124 valence electrons. The summed E-state index contributed by atoms with van der Waals surface area (Å²) >= 11 is 0. The molecule has 25 heavy (non-hydrogen) atoms. The van der Waals surface area contributed by atoms with E-state index < -0.39 is 11.9 Å². The van der Waals surface area contributed by atoms with E-state index in [4.69, 9.17) is 9.84 Å². The summed E-state index contributed by atoms with van der Waals surface area (Å²) in [5.74, 6) is -1.14. The molecule has 0 saturated heterocycles. The number of carboxylic acid groups (broad SMARTS) is 1. The molecule has 4 nitrogen and oxygen atoms in total. The summed E-state index contributed by atoms with van der Waals surface area (Å²) in [7, 11) is 0. The van der Waals surface area contributed by atoms with Crippen molar-refractivity contribution in [1.29, 1.82) is 0 Å². The van der Waals surface area contributed by atoms with Gasteiger partial charge < -0.3 is 9.84 Å². The molecule has 0 saturated carbocycles. The van der Waals surface area contributed by atoms with Crippen LogP contribution in [0.25, 0.3) is 10.8 Å². The highest BCUT2D eigenvalue weighted by Crippen LogP contribution is 2.26. The Hall–Kier alpha value is -3.40. The number of rotatable bonds is 5. The molecule has 3 rings (SSSR count). The second-order valence-electron chi connectivity index (χ2n) is 5.61. The molecule has 0 spiro atoms. The van der Waals surface area contributed by atoms with Crippen molar-refractivity contribution < 1.29 is 19.4 Å². The second-order valence-corrected chi connectivity index (χ2v) is 5.61. The van der Waals surface area contributed by atoms with E-state index in [0.29, 0.717) is 16.9 Å². The number of ether oxygens (including phenoxy) is 1. The molecule has 0 aromatic heterocycles. The lowest BCUT2D eigenvalue weighted by atomic mass is 10.0. The van der Waals surface area contributed by atoms with Gasteiger partial charge in [0.05, 0.1) is 5.56 Å². The minimum Gasteiger partial charge on any atom is -0.478 e. The van der Waals surface area contributed by atoms with E-state index in [1.165, 1.54) is 0 Å². The predicted molar refractivity (Wildman–Crippen MR) is 95.8 cm³/mol. The zero-order chi connectivity index (χ0) is 17.8. The monoisotopic (exact) mass is 332 g/mol. The van der Waals surface area contributed by atoms with Crippen molar-refractivity contribution in [1.82, 2.24) is 0 Å². The van der Waals surface area contributed by atoms with Crippen molar-refractivity contribution in [3.63, 3.8) is 0 Å². The van der Waals surface area contributed by atoms with Crippen LogP contribution in [0.2, 0.25) is 0 Å². The molecule has 0 aliphatic carbocycles. The molecule has 0 heterocycles. The Morgan fingerprint density at radius 1 is 0.920 bits per heavy atom. The summed E-state index contributed by atoms with van der Waals surface area (Å²) in [4.78, 5) is 23.6. The van der Waals surface area contributed by atoms with Crippen molar-refractivity contribution in [2.75, 3.05) is 0 Å². The Bertz CT molecular complexity index is 967. The van der Waals surface area contributed by atoms with Crippen molar-refractivity contribution in [2.45, 2.75) is 6.42 Å². The van der Waals surface area contributed by atoms with Crippen LogP contribution in [-0.2, 0) is 11.2 Å². The number of benzene rings is 3. The van der Waals surface area contributed by atoms with Crippen molar-refractivity contribution in [3.05, 3.63) is 90.0 Å². The van der Waals surface area contributed by atoms with E-state index in [1.54, 1.807) is 30.3 Å². The molecular formula is C21H16O4. The molecule has 0 unspecified atom stereocenters. The van der Waals surface area contributed by atoms with Gasteiger partial charge in [-0.1, -0.05) is 61.2 Å². The Balaban J connectivity index is 1.91.